The van der Waals surface area contributed by atoms with E-state index in [1.807, 2.05) is 44.2 Å². The molecule has 0 radical (unpaired) electrons. The van der Waals surface area contributed by atoms with E-state index in [0.29, 0.717) is 6.07 Å². The number of carbonyl (C=O) groups is 2. The molecule has 26 heavy (non-hydrogen) atoms. The molecule has 2 atom stereocenters. The van der Waals surface area contributed by atoms with Crippen molar-refractivity contribution < 1.29 is 18.4 Å². The van der Waals surface area contributed by atoms with Crippen LogP contribution in [0.1, 0.15) is 38.7 Å². The van der Waals surface area contributed by atoms with E-state index in [0.717, 1.165) is 18.1 Å². The van der Waals surface area contributed by atoms with Gasteiger partial charge in [0, 0.05) is 13.0 Å². The molecule has 0 fully saturated rings. The number of hydrogen-bond donors (Lipinski definition) is 2. The minimum absolute atomic E-state index is 0.0238. The summed E-state index contributed by atoms with van der Waals surface area (Å²) in [6.07, 6.45) is 0.760. The molecule has 0 aliphatic carbocycles. The molecular weight excluding hydrogens is 338 g/mol. The van der Waals surface area contributed by atoms with Crippen LogP contribution < -0.4 is 10.6 Å². The third-order valence-corrected chi connectivity index (χ3v) is 4.28. The Balaban J connectivity index is 2.33. The first-order valence-electron chi connectivity index (χ1n) is 8.45. The topological polar surface area (TPSA) is 58.2 Å². The lowest BCUT2D eigenvalue weighted by Gasteiger charge is -2.23. The van der Waals surface area contributed by atoms with Crippen LogP contribution in [0.25, 0.3) is 0 Å². The number of amides is 2. The lowest BCUT2D eigenvalue weighted by molar-refractivity contribution is -0.118. The Morgan fingerprint density at radius 1 is 1.00 bits per heavy atom. The minimum atomic E-state index is -0.905. The molecule has 0 heterocycles. The standard InChI is InChI=1S/C20H22F2N2O2/c1-4-12(2)19(14-8-6-5-7-9-14)20(26)24-18-11-17(23-13(3)25)15(21)10-16(18)22/h5-12,19H,4H2,1-3H3,(H,23,25)(H,24,26). The zero-order valence-electron chi connectivity index (χ0n) is 15.0. The summed E-state index contributed by atoms with van der Waals surface area (Å²) in [4.78, 5) is 24.0. The molecule has 0 saturated carbocycles. The molecule has 0 spiro atoms. The Labute approximate surface area is 151 Å². The molecule has 0 aliphatic rings. The van der Waals surface area contributed by atoms with Crippen LogP contribution >= 0.6 is 0 Å². The zero-order chi connectivity index (χ0) is 19.3. The average molecular weight is 360 g/mol. The number of halogens is 2. The quantitative estimate of drug-likeness (QED) is 0.785. The number of nitrogens with one attached hydrogen (secondary N) is 2. The first kappa shape index (κ1) is 19.6. The summed E-state index contributed by atoms with van der Waals surface area (Å²) in [7, 11) is 0. The van der Waals surface area contributed by atoms with E-state index in [1.165, 1.54) is 6.92 Å². The number of rotatable bonds is 6. The Kier molecular flexibility index (Phi) is 6.44. The zero-order valence-corrected chi connectivity index (χ0v) is 15.0. The van der Waals surface area contributed by atoms with Gasteiger partial charge in [0.2, 0.25) is 11.8 Å². The second kappa shape index (κ2) is 8.56. The van der Waals surface area contributed by atoms with Gasteiger partial charge in [0.25, 0.3) is 0 Å². The van der Waals surface area contributed by atoms with E-state index >= 15 is 0 Å². The maximum absolute atomic E-state index is 14.1. The minimum Gasteiger partial charge on any atom is -0.324 e. The lowest BCUT2D eigenvalue weighted by Crippen LogP contribution is -2.26. The highest BCUT2D eigenvalue weighted by atomic mass is 19.1. The van der Waals surface area contributed by atoms with E-state index in [2.05, 4.69) is 10.6 Å². The van der Waals surface area contributed by atoms with Crippen molar-refractivity contribution in [3.63, 3.8) is 0 Å². The van der Waals surface area contributed by atoms with Gasteiger partial charge in [0.15, 0.2) is 0 Å². The molecule has 2 N–H and O–H groups in total. The SMILES string of the molecule is CCC(C)C(C(=O)Nc1cc(NC(C)=O)c(F)cc1F)c1ccccc1. The fourth-order valence-corrected chi connectivity index (χ4v) is 2.78. The van der Waals surface area contributed by atoms with Gasteiger partial charge in [0.1, 0.15) is 11.6 Å². The molecule has 2 amide bonds. The van der Waals surface area contributed by atoms with Gasteiger partial charge in [-0.25, -0.2) is 8.78 Å². The van der Waals surface area contributed by atoms with Crippen LogP contribution in [0.5, 0.6) is 0 Å². The van der Waals surface area contributed by atoms with E-state index in [4.69, 9.17) is 0 Å². The van der Waals surface area contributed by atoms with Crippen molar-refractivity contribution in [3.05, 3.63) is 59.7 Å². The fraction of sp³-hybridized carbons (Fsp3) is 0.300. The summed E-state index contributed by atoms with van der Waals surface area (Å²) in [5.74, 6) is -3.14. The van der Waals surface area contributed by atoms with Gasteiger partial charge >= 0.3 is 0 Å². The molecule has 2 rings (SSSR count). The van der Waals surface area contributed by atoms with E-state index in [-0.39, 0.29) is 23.2 Å². The molecule has 0 bridgehead atoms. The van der Waals surface area contributed by atoms with E-state index in [9.17, 15) is 18.4 Å². The smallest absolute Gasteiger partial charge is 0.232 e. The van der Waals surface area contributed by atoms with Crippen LogP contribution in [0.3, 0.4) is 0 Å². The maximum Gasteiger partial charge on any atom is 0.232 e. The van der Waals surface area contributed by atoms with Gasteiger partial charge in [-0.3, -0.25) is 9.59 Å². The van der Waals surface area contributed by atoms with Crippen LogP contribution in [-0.4, -0.2) is 11.8 Å². The molecule has 4 nitrogen and oxygen atoms in total. The molecule has 0 aliphatic heterocycles. The summed E-state index contributed by atoms with van der Waals surface area (Å²) in [6.45, 7) is 5.14. The highest BCUT2D eigenvalue weighted by Gasteiger charge is 2.27. The predicted molar refractivity (Wildman–Crippen MR) is 97.9 cm³/mol. The molecular formula is C20H22F2N2O2. The van der Waals surface area contributed by atoms with Gasteiger partial charge in [-0.2, -0.15) is 0 Å². The summed E-state index contributed by atoms with van der Waals surface area (Å²) < 4.78 is 27.9. The lowest BCUT2D eigenvalue weighted by atomic mass is 9.85. The third-order valence-electron chi connectivity index (χ3n) is 4.28. The van der Waals surface area contributed by atoms with Crippen molar-refractivity contribution >= 4 is 23.2 Å². The van der Waals surface area contributed by atoms with Gasteiger partial charge in [0.05, 0.1) is 17.3 Å². The number of hydrogen-bond acceptors (Lipinski definition) is 2. The summed E-state index contributed by atoms with van der Waals surface area (Å²) in [5.41, 5.74) is 0.460. The predicted octanol–water partition coefficient (Wildman–Crippen LogP) is 4.69. The highest BCUT2D eigenvalue weighted by Crippen LogP contribution is 2.30. The van der Waals surface area contributed by atoms with Crippen molar-refractivity contribution in [2.24, 2.45) is 5.92 Å². The van der Waals surface area contributed by atoms with E-state index < -0.39 is 23.5 Å². The van der Waals surface area contributed by atoms with Crippen molar-refractivity contribution in [1.29, 1.82) is 0 Å². The molecule has 0 aromatic heterocycles. The van der Waals surface area contributed by atoms with Gasteiger partial charge in [-0.15, -0.1) is 0 Å². The van der Waals surface area contributed by atoms with Crippen LogP contribution in [0.4, 0.5) is 20.2 Å². The van der Waals surface area contributed by atoms with Crippen molar-refractivity contribution in [2.45, 2.75) is 33.1 Å². The Morgan fingerprint density at radius 2 is 1.58 bits per heavy atom. The molecule has 2 unspecified atom stereocenters. The van der Waals surface area contributed by atoms with Gasteiger partial charge in [-0.1, -0.05) is 50.6 Å². The van der Waals surface area contributed by atoms with Crippen molar-refractivity contribution in [2.75, 3.05) is 10.6 Å². The largest absolute Gasteiger partial charge is 0.324 e. The number of benzene rings is 2. The van der Waals surface area contributed by atoms with Crippen LogP contribution in [0.2, 0.25) is 0 Å². The Hall–Kier alpha value is -2.76. The second-order valence-corrected chi connectivity index (χ2v) is 6.26. The van der Waals surface area contributed by atoms with Crippen LogP contribution in [0, 0.1) is 17.6 Å². The summed E-state index contributed by atoms with van der Waals surface area (Å²) in [5, 5.41) is 4.81. The average Bonchev–Trinajstić information content (AvgIpc) is 2.59. The molecule has 0 saturated heterocycles. The van der Waals surface area contributed by atoms with Crippen molar-refractivity contribution in [1.82, 2.24) is 0 Å². The normalized spacial score (nSPS) is 13.0. The van der Waals surface area contributed by atoms with Crippen molar-refractivity contribution in [3.8, 4) is 0 Å². The maximum atomic E-state index is 14.1. The van der Waals surface area contributed by atoms with Crippen LogP contribution in [-0.2, 0) is 9.59 Å². The Bertz CT molecular complexity index is 794. The summed E-state index contributed by atoms with van der Waals surface area (Å²) in [6, 6.07) is 11.0. The monoisotopic (exact) mass is 360 g/mol. The summed E-state index contributed by atoms with van der Waals surface area (Å²) >= 11 is 0. The van der Waals surface area contributed by atoms with E-state index in [1.54, 1.807) is 0 Å². The third kappa shape index (κ3) is 4.65. The first-order chi connectivity index (χ1) is 12.3. The molecule has 2 aromatic rings. The number of anilines is 2. The molecule has 6 heteroatoms. The van der Waals surface area contributed by atoms with Crippen LogP contribution in [0.15, 0.2) is 42.5 Å². The molecule has 2 aromatic carbocycles. The highest BCUT2D eigenvalue weighted by molar-refractivity contribution is 5.97. The number of carbonyl (C=O) groups excluding carboxylic acids is 2. The van der Waals surface area contributed by atoms with Gasteiger partial charge in [-0.05, 0) is 17.5 Å². The second-order valence-electron chi connectivity index (χ2n) is 6.26. The Morgan fingerprint density at radius 3 is 2.12 bits per heavy atom. The fourth-order valence-electron chi connectivity index (χ4n) is 2.78. The first-order valence-corrected chi connectivity index (χ1v) is 8.45. The van der Waals surface area contributed by atoms with Gasteiger partial charge < -0.3 is 10.6 Å². The molecule has 138 valence electrons.